The van der Waals surface area contributed by atoms with Gasteiger partial charge in [-0.15, -0.1) is 0 Å². The van der Waals surface area contributed by atoms with E-state index < -0.39 is 4.92 Å². The summed E-state index contributed by atoms with van der Waals surface area (Å²) in [4.78, 5) is 14.4. The number of nitro benzene ring substituents is 1. The van der Waals surface area contributed by atoms with Crippen LogP contribution in [0.25, 0.3) is 0 Å². The zero-order valence-corrected chi connectivity index (χ0v) is 10.1. The smallest absolute Gasteiger partial charge is 0.293 e. The summed E-state index contributed by atoms with van der Waals surface area (Å²) in [6, 6.07) is 6.09. The summed E-state index contributed by atoms with van der Waals surface area (Å²) in [6.07, 6.45) is 1.57. The van der Waals surface area contributed by atoms with E-state index in [4.69, 9.17) is 9.68 Å². The second-order valence-corrected chi connectivity index (χ2v) is 3.82. The first kappa shape index (κ1) is 12.6. The Labute approximate surface area is 108 Å². The van der Waals surface area contributed by atoms with E-state index in [0.717, 1.165) is 0 Å². The minimum atomic E-state index is -0.538. The Balaban J connectivity index is 2.20. The SMILES string of the molecule is Cc1cnc(CNc2ccc(C#N)cc2[N+](=O)[O-])o1. The number of nitrogens with one attached hydrogen (secondary N) is 1. The van der Waals surface area contributed by atoms with Crippen molar-refractivity contribution < 1.29 is 9.34 Å². The average Bonchev–Trinajstić information content (AvgIpc) is 2.82. The van der Waals surface area contributed by atoms with Gasteiger partial charge in [-0.05, 0) is 19.1 Å². The molecule has 1 heterocycles. The standard InChI is InChI=1S/C12H10N4O3/c1-8-6-15-12(19-8)7-14-10-3-2-9(5-13)4-11(10)16(17)18/h2-4,6,14H,7H2,1H3. The number of nitriles is 1. The lowest BCUT2D eigenvalue weighted by molar-refractivity contribution is -0.384. The van der Waals surface area contributed by atoms with Crippen LogP contribution in [-0.4, -0.2) is 9.91 Å². The van der Waals surface area contributed by atoms with Crippen LogP contribution >= 0.6 is 0 Å². The summed E-state index contributed by atoms with van der Waals surface area (Å²) in [5.41, 5.74) is 0.409. The highest BCUT2D eigenvalue weighted by Crippen LogP contribution is 2.25. The molecule has 1 N–H and O–H groups in total. The van der Waals surface area contributed by atoms with Gasteiger partial charge in [0.05, 0.1) is 29.3 Å². The summed E-state index contributed by atoms with van der Waals surface area (Å²) < 4.78 is 5.25. The number of nitro groups is 1. The molecule has 0 aliphatic heterocycles. The molecule has 0 saturated carbocycles. The summed E-state index contributed by atoms with van der Waals surface area (Å²) in [6.45, 7) is 2.00. The van der Waals surface area contributed by atoms with Crippen molar-refractivity contribution in [2.45, 2.75) is 13.5 Å². The Hall–Kier alpha value is -2.88. The van der Waals surface area contributed by atoms with Crippen LogP contribution < -0.4 is 5.32 Å². The van der Waals surface area contributed by atoms with Crippen molar-refractivity contribution in [2.75, 3.05) is 5.32 Å². The van der Waals surface area contributed by atoms with Crippen LogP contribution in [0.2, 0.25) is 0 Å². The number of hydrogen-bond acceptors (Lipinski definition) is 6. The lowest BCUT2D eigenvalue weighted by Crippen LogP contribution is -2.03. The van der Waals surface area contributed by atoms with E-state index in [1.54, 1.807) is 13.1 Å². The Bertz CT molecular complexity index is 657. The molecule has 0 atom stereocenters. The summed E-state index contributed by atoms with van der Waals surface area (Å²) >= 11 is 0. The highest BCUT2D eigenvalue weighted by atomic mass is 16.6. The number of aryl methyl sites for hydroxylation is 1. The predicted molar refractivity (Wildman–Crippen MR) is 66.4 cm³/mol. The van der Waals surface area contributed by atoms with Gasteiger partial charge in [-0.2, -0.15) is 5.26 Å². The van der Waals surface area contributed by atoms with Crippen LogP contribution in [0.15, 0.2) is 28.8 Å². The van der Waals surface area contributed by atoms with Crippen LogP contribution in [0.1, 0.15) is 17.2 Å². The quantitative estimate of drug-likeness (QED) is 0.666. The zero-order valence-electron chi connectivity index (χ0n) is 10.1. The highest BCUT2D eigenvalue weighted by Gasteiger charge is 2.15. The molecular weight excluding hydrogens is 248 g/mol. The molecule has 0 aliphatic rings. The normalized spacial score (nSPS) is 9.89. The van der Waals surface area contributed by atoms with E-state index >= 15 is 0 Å². The zero-order chi connectivity index (χ0) is 13.8. The molecular formula is C12H10N4O3. The molecule has 0 aliphatic carbocycles. The van der Waals surface area contributed by atoms with Crippen LogP contribution in [0.5, 0.6) is 0 Å². The van der Waals surface area contributed by atoms with Gasteiger partial charge in [0, 0.05) is 6.07 Å². The second kappa shape index (κ2) is 5.18. The van der Waals surface area contributed by atoms with Crippen molar-refractivity contribution >= 4 is 11.4 Å². The molecule has 1 aromatic carbocycles. The van der Waals surface area contributed by atoms with Crippen molar-refractivity contribution in [3.63, 3.8) is 0 Å². The molecule has 2 aromatic rings. The Kier molecular flexibility index (Phi) is 3.43. The summed E-state index contributed by atoms with van der Waals surface area (Å²) in [5, 5.41) is 22.5. The lowest BCUT2D eigenvalue weighted by Gasteiger charge is -2.04. The van der Waals surface area contributed by atoms with Gasteiger partial charge in [0.2, 0.25) is 5.89 Å². The monoisotopic (exact) mass is 258 g/mol. The van der Waals surface area contributed by atoms with Crippen LogP contribution in [0, 0.1) is 28.4 Å². The molecule has 1 aromatic heterocycles. The second-order valence-electron chi connectivity index (χ2n) is 3.82. The van der Waals surface area contributed by atoms with E-state index in [2.05, 4.69) is 10.3 Å². The molecule has 2 rings (SSSR count). The molecule has 0 unspecified atom stereocenters. The molecule has 96 valence electrons. The number of oxazole rings is 1. The van der Waals surface area contributed by atoms with E-state index in [1.165, 1.54) is 18.2 Å². The third-order valence-corrected chi connectivity index (χ3v) is 2.42. The molecule has 0 spiro atoms. The molecule has 19 heavy (non-hydrogen) atoms. The first-order valence-electron chi connectivity index (χ1n) is 5.44. The van der Waals surface area contributed by atoms with Gasteiger partial charge in [-0.25, -0.2) is 4.98 Å². The van der Waals surface area contributed by atoms with Crippen molar-refractivity contribution in [1.29, 1.82) is 5.26 Å². The maximum atomic E-state index is 10.9. The fourth-order valence-electron chi connectivity index (χ4n) is 1.56. The van der Waals surface area contributed by atoms with E-state index in [-0.39, 0.29) is 17.8 Å². The molecule has 0 amide bonds. The van der Waals surface area contributed by atoms with Gasteiger partial charge >= 0.3 is 0 Å². The van der Waals surface area contributed by atoms with Gasteiger partial charge in [0.1, 0.15) is 11.4 Å². The highest BCUT2D eigenvalue weighted by molar-refractivity contribution is 5.63. The predicted octanol–water partition coefficient (Wildman–Crippen LogP) is 2.38. The topological polar surface area (TPSA) is 105 Å². The number of hydrogen-bond donors (Lipinski definition) is 1. The van der Waals surface area contributed by atoms with Crippen molar-refractivity contribution in [3.05, 3.63) is 51.7 Å². The molecule has 0 fully saturated rings. The van der Waals surface area contributed by atoms with Gasteiger partial charge in [-0.3, -0.25) is 10.1 Å². The fourth-order valence-corrected chi connectivity index (χ4v) is 1.56. The van der Waals surface area contributed by atoms with Crippen molar-refractivity contribution in [2.24, 2.45) is 0 Å². The largest absolute Gasteiger partial charge is 0.444 e. The van der Waals surface area contributed by atoms with Gasteiger partial charge in [0.25, 0.3) is 5.69 Å². The van der Waals surface area contributed by atoms with Crippen LogP contribution in [0.3, 0.4) is 0 Å². The van der Waals surface area contributed by atoms with E-state index in [1.807, 2.05) is 6.07 Å². The average molecular weight is 258 g/mol. The van der Waals surface area contributed by atoms with Gasteiger partial charge in [-0.1, -0.05) is 0 Å². The fraction of sp³-hybridized carbons (Fsp3) is 0.167. The van der Waals surface area contributed by atoms with Crippen LogP contribution in [0.4, 0.5) is 11.4 Å². The van der Waals surface area contributed by atoms with Crippen molar-refractivity contribution in [3.8, 4) is 6.07 Å². The minimum absolute atomic E-state index is 0.151. The molecule has 7 heteroatoms. The maximum absolute atomic E-state index is 10.9. The van der Waals surface area contributed by atoms with Gasteiger partial charge < -0.3 is 9.73 Å². The van der Waals surface area contributed by atoms with Gasteiger partial charge in [0.15, 0.2) is 0 Å². The molecule has 0 saturated heterocycles. The number of anilines is 1. The first-order chi connectivity index (χ1) is 9.10. The molecule has 0 radical (unpaired) electrons. The minimum Gasteiger partial charge on any atom is -0.444 e. The number of rotatable bonds is 4. The number of benzene rings is 1. The van der Waals surface area contributed by atoms with E-state index in [9.17, 15) is 10.1 Å². The third-order valence-electron chi connectivity index (χ3n) is 2.42. The van der Waals surface area contributed by atoms with Crippen molar-refractivity contribution in [1.82, 2.24) is 4.98 Å². The number of aromatic nitrogens is 1. The first-order valence-corrected chi connectivity index (χ1v) is 5.44. The Morgan fingerprint density at radius 2 is 2.37 bits per heavy atom. The number of nitrogens with zero attached hydrogens (tertiary/aromatic N) is 3. The summed E-state index contributed by atoms with van der Waals surface area (Å²) in [5.74, 6) is 1.11. The molecule has 7 nitrogen and oxygen atoms in total. The van der Waals surface area contributed by atoms with E-state index in [0.29, 0.717) is 17.3 Å². The maximum Gasteiger partial charge on any atom is 0.293 e. The summed E-state index contributed by atoms with van der Waals surface area (Å²) in [7, 11) is 0. The Morgan fingerprint density at radius 3 is 2.95 bits per heavy atom. The third kappa shape index (κ3) is 2.87. The molecule has 0 bridgehead atoms. The van der Waals surface area contributed by atoms with Crippen LogP contribution in [-0.2, 0) is 6.54 Å². The Morgan fingerprint density at radius 1 is 1.58 bits per heavy atom. The lowest BCUT2D eigenvalue weighted by atomic mass is 10.2.